The average Bonchev–Trinajstić information content (AvgIpc) is 3.30. The molecule has 4 rings (SSSR count). The van der Waals surface area contributed by atoms with Crippen molar-refractivity contribution in [3.63, 3.8) is 0 Å². The first-order chi connectivity index (χ1) is 16.8. The highest BCUT2D eigenvalue weighted by molar-refractivity contribution is 6.33. The molecule has 3 aromatic rings. The predicted molar refractivity (Wildman–Crippen MR) is 132 cm³/mol. The Hall–Kier alpha value is -3.21. The van der Waals surface area contributed by atoms with Crippen molar-refractivity contribution < 1.29 is 17.9 Å². The van der Waals surface area contributed by atoms with Gasteiger partial charge >= 0.3 is 6.18 Å². The minimum atomic E-state index is -4.44. The van der Waals surface area contributed by atoms with Crippen LogP contribution in [0, 0.1) is 6.57 Å². The van der Waals surface area contributed by atoms with Crippen molar-refractivity contribution in [3.05, 3.63) is 99.9 Å². The monoisotopic (exact) mass is 499 g/mol. The lowest BCUT2D eigenvalue weighted by Crippen LogP contribution is -2.37. The van der Waals surface area contributed by atoms with Crippen molar-refractivity contribution in [1.82, 2.24) is 4.90 Å². The highest BCUT2D eigenvalue weighted by atomic mass is 35.5. The third-order valence-electron chi connectivity index (χ3n) is 6.30. The molecule has 1 aliphatic rings. The molecule has 1 fully saturated rings. The molecular weight excluding hydrogens is 475 g/mol. The Kier molecular flexibility index (Phi) is 7.54. The SMILES string of the molecule is [C-]#[N+]c1ccc(N(Cc2ccccc2C(F)(F)F)[C@H]2CCN(Cc3ccc(OC)cc3)C2)cc1Cl. The molecule has 0 saturated carbocycles. The Morgan fingerprint density at radius 1 is 1.11 bits per heavy atom. The van der Waals surface area contributed by atoms with E-state index in [1.54, 1.807) is 31.4 Å². The summed E-state index contributed by atoms with van der Waals surface area (Å²) in [5.41, 5.74) is 1.74. The molecule has 3 aromatic carbocycles. The first-order valence-corrected chi connectivity index (χ1v) is 11.6. The number of ether oxygens (including phenoxy) is 1. The zero-order valence-corrected chi connectivity index (χ0v) is 20.0. The van der Waals surface area contributed by atoms with E-state index < -0.39 is 11.7 Å². The van der Waals surface area contributed by atoms with Crippen molar-refractivity contribution in [2.75, 3.05) is 25.1 Å². The zero-order chi connectivity index (χ0) is 25.0. The lowest BCUT2D eigenvalue weighted by molar-refractivity contribution is -0.138. The van der Waals surface area contributed by atoms with Crippen LogP contribution in [0.15, 0.2) is 66.7 Å². The van der Waals surface area contributed by atoms with E-state index in [1.807, 2.05) is 29.2 Å². The molecule has 1 heterocycles. The predicted octanol–water partition coefficient (Wildman–Crippen LogP) is 7.20. The summed E-state index contributed by atoms with van der Waals surface area (Å²) >= 11 is 6.31. The van der Waals surface area contributed by atoms with Crippen molar-refractivity contribution in [1.29, 1.82) is 0 Å². The first-order valence-electron chi connectivity index (χ1n) is 11.2. The van der Waals surface area contributed by atoms with Crippen LogP contribution in [0.3, 0.4) is 0 Å². The van der Waals surface area contributed by atoms with Gasteiger partial charge in [0.2, 0.25) is 5.69 Å². The van der Waals surface area contributed by atoms with Gasteiger partial charge in [0.15, 0.2) is 0 Å². The summed E-state index contributed by atoms with van der Waals surface area (Å²) in [6.45, 7) is 9.60. The van der Waals surface area contributed by atoms with Gasteiger partial charge in [-0.05, 0) is 47.9 Å². The topological polar surface area (TPSA) is 20.1 Å². The van der Waals surface area contributed by atoms with E-state index in [0.717, 1.165) is 36.9 Å². The molecule has 0 amide bonds. The lowest BCUT2D eigenvalue weighted by Gasteiger charge is -2.33. The van der Waals surface area contributed by atoms with E-state index in [-0.39, 0.29) is 18.2 Å². The first kappa shape index (κ1) is 24.9. The molecule has 8 heteroatoms. The van der Waals surface area contributed by atoms with Gasteiger partial charge in [-0.1, -0.05) is 48.0 Å². The Morgan fingerprint density at radius 2 is 1.86 bits per heavy atom. The van der Waals surface area contributed by atoms with Gasteiger partial charge in [-0.3, -0.25) is 4.90 Å². The van der Waals surface area contributed by atoms with Crippen LogP contribution in [-0.2, 0) is 19.3 Å². The summed E-state index contributed by atoms with van der Waals surface area (Å²) in [4.78, 5) is 7.68. The Labute approximate surface area is 208 Å². The van der Waals surface area contributed by atoms with Crippen LogP contribution in [0.4, 0.5) is 24.5 Å². The Balaban J connectivity index is 1.60. The summed E-state index contributed by atoms with van der Waals surface area (Å²) in [5.74, 6) is 0.794. The minimum absolute atomic E-state index is 0.00982. The quantitative estimate of drug-likeness (QED) is 0.321. The molecule has 0 unspecified atom stereocenters. The summed E-state index contributed by atoms with van der Waals surface area (Å²) in [7, 11) is 1.63. The van der Waals surface area contributed by atoms with Gasteiger partial charge in [-0.15, -0.1) is 0 Å². The van der Waals surface area contributed by atoms with E-state index in [1.165, 1.54) is 12.1 Å². The summed E-state index contributed by atoms with van der Waals surface area (Å²) in [6, 6.07) is 18.6. The lowest BCUT2D eigenvalue weighted by atomic mass is 10.0. The van der Waals surface area contributed by atoms with E-state index in [0.29, 0.717) is 22.9 Å². The van der Waals surface area contributed by atoms with Crippen molar-refractivity contribution in [2.45, 2.75) is 31.7 Å². The number of benzene rings is 3. The summed E-state index contributed by atoms with van der Waals surface area (Å²) in [6.07, 6.45) is -3.64. The van der Waals surface area contributed by atoms with Crippen molar-refractivity contribution in [2.24, 2.45) is 0 Å². The van der Waals surface area contributed by atoms with Crippen LogP contribution >= 0.6 is 11.6 Å². The maximum Gasteiger partial charge on any atom is 0.416 e. The fourth-order valence-corrected chi connectivity index (χ4v) is 4.73. The number of hydrogen-bond acceptors (Lipinski definition) is 3. The van der Waals surface area contributed by atoms with Crippen LogP contribution in [0.2, 0.25) is 5.02 Å². The van der Waals surface area contributed by atoms with Gasteiger partial charge in [-0.2, -0.15) is 13.2 Å². The van der Waals surface area contributed by atoms with Crippen LogP contribution in [0.25, 0.3) is 4.85 Å². The van der Waals surface area contributed by atoms with Gasteiger partial charge in [0.05, 0.1) is 19.2 Å². The van der Waals surface area contributed by atoms with E-state index in [2.05, 4.69) is 9.74 Å². The molecule has 0 aromatic heterocycles. The number of rotatable bonds is 7. The van der Waals surface area contributed by atoms with Gasteiger partial charge in [0.1, 0.15) is 5.75 Å². The highest BCUT2D eigenvalue weighted by Gasteiger charge is 2.35. The number of nitrogens with zero attached hydrogens (tertiary/aromatic N) is 3. The normalized spacial score (nSPS) is 16.2. The number of likely N-dealkylation sites (tertiary alicyclic amines) is 1. The largest absolute Gasteiger partial charge is 0.497 e. The number of methoxy groups -OCH3 is 1. The van der Waals surface area contributed by atoms with Crippen LogP contribution in [0.5, 0.6) is 5.75 Å². The maximum absolute atomic E-state index is 13.7. The Bertz CT molecular complexity index is 1210. The molecule has 1 atom stereocenters. The maximum atomic E-state index is 13.7. The zero-order valence-electron chi connectivity index (χ0n) is 19.2. The van der Waals surface area contributed by atoms with Crippen LogP contribution < -0.4 is 9.64 Å². The third kappa shape index (κ3) is 5.90. The number of alkyl halides is 3. The number of hydrogen-bond donors (Lipinski definition) is 0. The van der Waals surface area contributed by atoms with Gasteiger partial charge in [0, 0.05) is 42.9 Å². The standard InChI is InChI=1S/C27H25ClF3N3O/c1-32-26-12-9-21(15-25(26)28)34(17-20-5-3-4-6-24(20)27(29,30)31)22-13-14-33(18-22)16-19-7-10-23(35-2)11-8-19/h3-12,15,22H,13-14,16-18H2,2H3/t22-/m0/s1. The second-order valence-corrected chi connectivity index (χ2v) is 8.96. The number of anilines is 1. The molecule has 1 aliphatic heterocycles. The molecule has 0 spiro atoms. The molecular formula is C27H25ClF3N3O. The summed E-state index contributed by atoms with van der Waals surface area (Å²) < 4.78 is 46.4. The second-order valence-electron chi connectivity index (χ2n) is 8.56. The van der Waals surface area contributed by atoms with Crippen molar-refractivity contribution >= 4 is 23.0 Å². The van der Waals surface area contributed by atoms with E-state index in [9.17, 15) is 13.2 Å². The molecule has 182 valence electrons. The van der Waals surface area contributed by atoms with Gasteiger partial charge in [0.25, 0.3) is 0 Å². The second kappa shape index (κ2) is 10.6. The molecule has 35 heavy (non-hydrogen) atoms. The molecule has 0 radical (unpaired) electrons. The van der Waals surface area contributed by atoms with E-state index in [4.69, 9.17) is 22.9 Å². The van der Waals surface area contributed by atoms with Crippen LogP contribution in [-0.4, -0.2) is 31.1 Å². The molecule has 0 N–H and O–H groups in total. The van der Waals surface area contributed by atoms with Gasteiger partial charge in [-0.25, -0.2) is 4.85 Å². The Morgan fingerprint density at radius 3 is 2.51 bits per heavy atom. The minimum Gasteiger partial charge on any atom is -0.497 e. The number of halogens is 4. The molecule has 4 nitrogen and oxygen atoms in total. The fourth-order valence-electron chi connectivity index (χ4n) is 4.51. The smallest absolute Gasteiger partial charge is 0.416 e. The van der Waals surface area contributed by atoms with E-state index >= 15 is 0 Å². The average molecular weight is 500 g/mol. The fraction of sp³-hybridized carbons (Fsp3) is 0.296. The molecule has 0 aliphatic carbocycles. The summed E-state index contributed by atoms with van der Waals surface area (Å²) in [5, 5.41) is 0.291. The molecule has 1 saturated heterocycles. The van der Waals surface area contributed by atoms with Crippen LogP contribution in [0.1, 0.15) is 23.1 Å². The molecule has 0 bridgehead atoms. The third-order valence-corrected chi connectivity index (χ3v) is 6.60. The van der Waals surface area contributed by atoms with Crippen molar-refractivity contribution in [3.8, 4) is 5.75 Å². The van der Waals surface area contributed by atoms with Gasteiger partial charge < -0.3 is 9.64 Å². The highest BCUT2D eigenvalue weighted by Crippen LogP contribution is 2.36.